The van der Waals surface area contributed by atoms with Gasteiger partial charge in [0.1, 0.15) is 0 Å². The lowest BCUT2D eigenvalue weighted by Gasteiger charge is -2.34. The molecule has 0 aromatic heterocycles. The molecule has 1 unspecified atom stereocenters. The molecule has 3 nitrogen and oxygen atoms in total. The Morgan fingerprint density at radius 3 is 2.53 bits per heavy atom. The van der Waals surface area contributed by atoms with Crippen LogP contribution in [0.1, 0.15) is 26.7 Å². The summed E-state index contributed by atoms with van der Waals surface area (Å²) >= 11 is 0. The van der Waals surface area contributed by atoms with E-state index < -0.39 is 0 Å². The topological polar surface area (TPSA) is 26.7 Å². The molecule has 1 aliphatic heterocycles. The van der Waals surface area contributed by atoms with Crippen LogP contribution in [0.4, 0.5) is 0 Å². The molecule has 0 spiro atoms. The van der Waals surface area contributed by atoms with E-state index >= 15 is 0 Å². The second kappa shape index (κ2) is 7.14. The van der Waals surface area contributed by atoms with Gasteiger partial charge in [0.25, 0.3) is 0 Å². The fraction of sp³-hybridized carbons (Fsp3) is 0.857. The van der Waals surface area contributed by atoms with E-state index in [0.29, 0.717) is 0 Å². The number of aliphatic hydroxyl groups is 1. The van der Waals surface area contributed by atoms with Crippen LogP contribution in [0.15, 0.2) is 12.2 Å². The highest BCUT2D eigenvalue weighted by atomic mass is 16.3. The minimum atomic E-state index is -0.197. The first-order valence-corrected chi connectivity index (χ1v) is 6.70. The highest BCUT2D eigenvalue weighted by Crippen LogP contribution is 2.18. The van der Waals surface area contributed by atoms with E-state index in [1.165, 1.54) is 25.0 Å². The molecular formula is C14H28N2O. The number of β-amino-alcohol motifs (C(OH)–C–C–N with tert-alkyl or cyclic N) is 1. The first-order valence-electron chi connectivity index (χ1n) is 6.70. The zero-order valence-corrected chi connectivity index (χ0v) is 11.7. The summed E-state index contributed by atoms with van der Waals surface area (Å²) in [7, 11) is 2.18. The van der Waals surface area contributed by atoms with Crippen molar-refractivity contribution in [3.05, 3.63) is 12.2 Å². The second-order valence-electron chi connectivity index (χ2n) is 5.75. The van der Waals surface area contributed by atoms with Crippen LogP contribution in [0, 0.1) is 5.92 Å². The van der Waals surface area contributed by atoms with E-state index in [0.717, 1.165) is 32.1 Å². The van der Waals surface area contributed by atoms with E-state index in [1.807, 2.05) is 6.92 Å². The Morgan fingerprint density at radius 2 is 2.06 bits per heavy atom. The van der Waals surface area contributed by atoms with Crippen molar-refractivity contribution in [1.82, 2.24) is 9.80 Å². The molecular weight excluding hydrogens is 212 g/mol. The zero-order chi connectivity index (χ0) is 12.8. The maximum Gasteiger partial charge on any atom is 0.0639 e. The summed E-state index contributed by atoms with van der Waals surface area (Å²) in [6.07, 6.45) is 2.32. The molecule has 1 fully saturated rings. The van der Waals surface area contributed by atoms with Gasteiger partial charge in [0, 0.05) is 19.6 Å². The van der Waals surface area contributed by atoms with Crippen LogP contribution in [0.25, 0.3) is 0 Å². The van der Waals surface area contributed by atoms with Crippen LogP contribution in [0.5, 0.6) is 0 Å². The van der Waals surface area contributed by atoms with Gasteiger partial charge in [-0.1, -0.05) is 12.2 Å². The van der Waals surface area contributed by atoms with Gasteiger partial charge in [-0.2, -0.15) is 0 Å². The van der Waals surface area contributed by atoms with Gasteiger partial charge >= 0.3 is 0 Å². The molecule has 1 atom stereocenters. The van der Waals surface area contributed by atoms with Gasteiger partial charge in [0.05, 0.1) is 6.10 Å². The zero-order valence-electron chi connectivity index (χ0n) is 11.7. The number of likely N-dealkylation sites (N-methyl/N-ethyl adjacent to an activating group) is 1. The number of aliphatic hydroxyl groups excluding tert-OH is 1. The van der Waals surface area contributed by atoms with E-state index in [4.69, 9.17) is 0 Å². The van der Waals surface area contributed by atoms with Crippen molar-refractivity contribution >= 4 is 0 Å². The van der Waals surface area contributed by atoms with Crippen molar-refractivity contribution in [1.29, 1.82) is 0 Å². The summed E-state index contributed by atoms with van der Waals surface area (Å²) in [5.41, 5.74) is 1.24. The van der Waals surface area contributed by atoms with Crippen LogP contribution in [0.3, 0.4) is 0 Å². The van der Waals surface area contributed by atoms with Crippen molar-refractivity contribution in [2.45, 2.75) is 32.8 Å². The smallest absolute Gasteiger partial charge is 0.0639 e. The van der Waals surface area contributed by atoms with E-state index in [9.17, 15) is 5.11 Å². The molecule has 1 aliphatic rings. The summed E-state index contributed by atoms with van der Waals surface area (Å²) in [5, 5.41) is 9.36. The fourth-order valence-corrected chi connectivity index (χ4v) is 2.69. The Hall–Kier alpha value is -0.380. The largest absolute Gasteiger partial charge is 0.392 e. The summed E-state index contributed by atoms with van der Waals surface area (Å²) < 4.78 is 0. The molecule has 100 valence electrons. The molecule has 0 aromatic carbocycles. The lowest BCUT2D eigenvalue weighted by molar-refractivity contribution is 0.0933. The van der Waals surface area contributed by atoms with Crippen LogP contribution < -0.4 is 0 Å². The molecule has 1 N–H and O–H groups in total. The number of rotatable bonds is 6. The van der Waals surface area contributed by atoms with Crippen LogP contribution in [-0.2, 0) is 0 Å². The second-order valence-corrected chi connectivity index (χ2v) is 5.75. The third-order valence-corrected chi connectivity index (χ3v) is 3.34. The Balaban J connectivity index is 2.20. The number of hydrogen-bond acceptors (Lipinski definition) is 3. The average Bonchev–Trinajstić information content (AvgIpc) is 2.18. The number of piperidine rings is 1. The SMILES string of the molecule is C=C(C)CN(C)CC1CCN(CC(C)O)CC1. The van der Waals surface area contributed by atoms with Crippen LogP contribution >= 0.6 is 0 Å². The van der Waals surface area contributed by atoms with Crippen molar-refractivity contribution < 1.29 is 5.11 Å². The number of nitrogens with zero attached hydrogens (tertiary/aromatic N) is 2. The molecule has 0 amide bonds. The molecule has 1 heterocycles. The van der Waals surface area contributed by atoms with Gasteiger partial charge in [-0.3, -0.25) is 0 Å². The summed E-state index contributed by atoms with van der Waals surface area (Å²) in [5.74, 6) is 0.810. The third kappa shape index (κ3) is 6.20. The maximum atomic E-state index is 9.36. The number of likely N-dealkylation sites (tertiary alicyclic amines) is 1. The quantitative estimate of drug-likeness (QED) is 0.714. The van der Waals surface area contributed by atoms with Gasteiger partial charge in [-0.25, -0.2) is 0 Å². The van der Waals surface area contributed by atoms with Gasteiger partial charge in [-0.15, -0.1) is 0 Å². The highest BCUT2D eigenvalue weighted by Gasteiger charge is 2.20. The first-order chi connectivity index (χ1) is 7.97. The van der Waals surface area contributed by atoms with Gasteiger partial charge in [-0.05, 0) is 52.7 Å². The molecule has 17 heavy (non-hydrogen) atoms. The highest BCUT2D eigenvalue weighted by molar-refractivity contribution is 4.91. The van der Waals surface area contributed by atoms with E-state index in [2.05, 4.69) is 30.4 Å². The normalized spacial score (nSPS) is 20.8. The molecule has 1 saturated heterocycles. The van der Waals surface area contributed by atoms with Crippen molar-refractivity contribution in [2.24, 2.45) is 5.92 Å². The lowest BCUT2D eigenvalue weighted by atomic mass is 9.96. The molecule has 3 heteroatoms. The lowest BCUT2D eigenvalue weighted by Crippen LogP contribution is -2.40. The summed E-state index contributed by atoms with van der Waals surface area (Å²) in [4.78, 5) is 4.75. The molecule has 1 rings (SSSR count). The standard InChI is InChI=1S/C14H28N2O/c1-12(2)9-15(4)11-14-5-7-16(8-6-14)10-13(3)17/h13-14,17H,1,5-11H2,2-4H3. The molecule has 0 radical (unpaired) electrons. The van der Waals surface area contributed by atoms with Crippen LogP contribution in [0.2, 0.25) is 0 Å². The molecule has 0 saturated carbocycles. The monoisotopic (exact) mass is 240 g/mol. The van der Waals surface area contributed by atoms with Gasteiger partial charge in [0.15, 0.2) is 0 Å². The Labute approximate surface area is 106 Å². The Bertz CT molecular complexity index is 232. The minimum Gasteiger partial charge on any atom is -0.392 e. The summed E-state index contributed by atoms with van der Waals surface area (Å²) in [6.45, 7) is 13.2. The van der Waals surface area contributed by atoms with Gasteiger partial charge in [0.2, 0.25) is 0 Å². The fourth-order valence-electron chi connectivity index (χ4n) is 2.69. The summed E-state index contributed by atoms with van der Waals surface area (Å²) in [6, 6.07) is 0. The Morgan fingerprint density at radius 1 is 1.47 bits per heavy atom. The average molecular weight is 240 g/mol. The Kier molecular flexibility index (Phi) is 6.17. The number of hydrogen-bond donors (Lipinski definition) is 1. The molecule has 0 aliphatic carbocycles. The van der Waals surface area contributed by atoms with E-state index in [-0.39, 0.29) is 6.10 Å². The van der Waals surface area contributed by atoms with Crippen molar-refractivity contribution in [3.63, 3.8) is 0 Å². The van der Waals surface area contributed by atoms with E-state index in [1.54, 1.807) is 0 Å². The molecule has 0 bridgehead atoms. The maximum absolute atomic E-state index is 9.36. The predicted octanol–water partition coefficient (Wildman–Crippen LogP) is 1.59. The van der Waals surface area contributed by atoms with Crippen molar-refractivity contribution in [3.8, 4) is 0 Å². The van der Waals surface area contributed by atoms with Gasteiger partial charge < -0.3 is 14.9 Å². The van der Waals surface area contributed by atoms with Crippen LogP contribution in [-0.4, -0.2) is 60.8 Å². The predicted molar refractivity (Wildman–Crippen MR) is 73.2 cm³/mol. The first kappa shape index (κ1) is 14.7. The van der Waals surface area contributed by atoms with Crippen molar-refractivity contribution in [2.75, 3.05) is 39.8 Å². The third-order valence-electron chi connectivity index (χ3n) is 3.34. The minimum absolute atomic E-state index is 0.197. The molecule has 0 aromatic rings.